The fraction of sp³-hybridized carbons (Fsp3) is 0.552. The van der Waals surface area contributed by atoms with Gasteiger partial charge in [-0.05, 0) is 61.9 Å². The summed E-state index contributed by atoms with van der Waals surface area (Å²) in [6, 6.07) is 15.7. The fourth-order valence-electron chi connectivity index (χ4n) is 6.15. The van der Waals surface area contributed by atoms with Crippen molar-refractivity contribution in [3.8, 4) is 5.75 Å². The number of carbonyl (C=O) groups is 1. The molecule has 3 aliphatic heterocycles. The van der Waals surface area contributed by atoms with Crippen molar-refractivity contribution in [1.29, 1.82) is 0 Å². The van der Waals surface area contributed by atoms with Crippen molar-refractivity contribution in [3.63, 3.8) is 0 Å². The minimum absolute atomic E-state index is 0.150. The molecule has 3 aliphatic rings. The third kappa shape index (κ3) is 7.13. The third-order valence-corrected chi connectivity index (χ3v) is 9.74. The van der Waals surface area contributed by atoms with Crippen molar-refractivity contribution >= 4 is 16.1 Å². The molecule has 10 nitrogen and oxygen atoms in total. The number of hydrogen-bond acceptors (Lipinski definition) is 8. The zero-order valence-corrected chi connectivity index (χ0v) is 23.6. The highest BCUT2D eigenvalue weighted by molar-refractivity contribution is 7.89. The maximum absolute atomic E-state index is 13.0. The number of amides is 1. The molecule has 3 fully saturated rings. The topological polar surface area (TPSA) is 126 Å². The predicted octanol–water partition coefficient (Wildman–Crippen LogP) is 2.46. The van der Waals surface area contributed by atoms with Gasteiger partial charge in [-0.2, -0.15) is 0 Å². The van der Waals surface area contributed by atoms with Crippen LogP contribution in [-0.2, 0) is 25.9 Å². The first kappa shape index (κ1) is 28.8. The second kappa shape index (κ2) is 12.9. The van der Waals surface area contributed by atoms with Gasteiger partial charge in [0.25, 0.3) is 0 Å². The molecule has 5 atom stereocenters. The molecule has 0 saturated carbocycles. The summed E-state index contributed by atoms with van der Waals surface area (Å²) in [5.74, 6) is 0.602. The molecule has 0 spiro atoms. The molecule has 0 aliphatic carbocycles. The van der Waals surface area contributed by atoms with Gasteiger partial charge in [-0.15, -0.1) is 0 Å². The van der Waals surface area contributed by atoms with Crippen LogP contribution in [0.2, 0.25) is 0 Å². The van der Waals surface area contributed by atoms with Gasteiger partial charge in [0.2, 0.25) is 10.0 Å². The Morgan fingerprint density at radius 1 is 1.07 bits per heavy atom. The predicted molar refractivity (Wildman–Crippen MR) is 149 cm³/mol. The number of fused-ring (bicyclic) bond motifs is 2. The summed E-state index contributed by atoms with van der Waals surface area (Å²) < 4.78 is 44.9. The SMILES string of the molecule is COc1ccc(S(=O)(=O)NC2CC3CCC(C2)N3CC(O)[C@H](Cc2ccccc2)NC(=O)O[C@@H]2CCOC2)cc1. The van der Waals surface area contributed by atoms with Gasteiger partial charge in [-0.3, -0.25) is 4.90 Å². The monoisotopic (exact) mass is 573 g/mol. The van der Waals surface area contributed by atoms with E-state index in [1.54, 1.807) is 31.4 Å². The van der Waals surface area contributed by atoms with Crippen LogP contribution in [0, 0.1) is 0 Å². The van der Waals surface area contributed by atoms with E-state index in [0.29, 0.717) is 51.2 Å². The molecule has 3 unspecified atom stereocenters. The van der Waals surface area contributed by atoms with E-state index in [2.05, 4.69) is 14.9 Å². The lowest BCUT2D eigenvalue weighted by atomic mass is 9.95. The van der Waals surface area contributed by atoms with Gasteiger partial charge in [0.1, 0.15) is 11.9 Å². The number of sulfonamides is 1. The number of carbonyl (C=O) groups excluding carboxylic acids is 1. The number of nitrogens with one attached hydrogen (secondary N) is 2. The van der Waals surface area contributed by atoms with Gasteiger partial charge in [-0.25, -0.2) is 17.9 Å². The van der Waals surface area contributed by atoms with Crippen molar-refractivity contribution in [3.05, 3.63) is 60.2 Å². The number of aliphatic hydroxyl groups excluding tert-OH is 1. The normalized spacial score (nSPS) is 26.2. The van der Waals surface area contributed by atoms with Crippen molar-refractivity contribution in [2.75, 3.05) is 26.9 Å². The Morgan fingerprint density at radius 3 is 2.40 bits per heavy atom. The van der Waals surface area contributed by atoms with Crippen LogP contribution in [0.3, 0.4) is 0 Å². The van der Waals surface area contributed by atoms with Crippen molar-refractivity contribution in [2.45, 2.75) is 79.8 Å². The van der Waals surface area contributed by atoms with Crippen molar-refractivity contribution < 1.29 is 32.5 Å². The fourth-order valence-corrected chi connectivity index (χ4v) is 7.41. The van der Waals surface area contributed by atoms with Crippen LogP contribution in [0.4, 0.5) is 4.79 Å². The molecule has 1 amide bonds. The molecule has 0 radical (unpaired) electrons. The molecule has 218 valence electrons. The first-order chi connectivity index (χ1) is 19.3. The number of methoxy groups -OCH3 is 1. The largest absolute Gasteiger partial charge is 0.497 e. The summed E-state index contributed by atoms with van der Waals surface area (Å²) in [7, 11) is -2.12. The molecule has 3 N–H and O–H groups in total. The summed E-state index contributed by atoms with van der Waals surface area (Å²) >= 11 is 0. The van der Waals surface area contributed by atoms with Crippen LogP contribution in [0.1, 0.15) is 37.7 Å². The first-order valence-corrected chi connectivity index (χ1v) is 15.5. The molecule has 2 bridgehead atoms. The molecule has 11 heteroatoms. The Hall–Kier alpha value is -2.70. The van der Waals surface area contributed by atoms with Gasteiger partial charge in [0.05, 0.1) is 37.4 Å². The molecule has 0 aromatic heterocycles. The van der Waals surface area contributed by atoms with E-state index < -0.39 is 28.3 Å². The zero-order valence-electron chi connectivity index (χ0n) is 22.8. The van der Waals surface area contributed by atoms with E-state index >= 15 is 0 Å². The van der Waals surface area contributed by atoms with Crippen LogP contribution in [-0.4, -0.2) is 87.8 Å². The molecular weight excluding hydrogens is 534 g/mol. The summed E-state index contributed by atoms with van der Waals surface area (Å²) in [4.78, 5) is 15.2. The quantitative estimate of drug-likeness (QED) is 0.374. The molecule has 3 heterocycles. The highest BCUT2D eigenvalue weighted by Gasteiger charge is 2.43. The summed E-state index contributed by atoms with van der Waals surface area (Å²) in [5.41, 5.74) is 1.01. The standard InChI is InChI=1S/C29H39N3O7S/c1-37-24-9-11-26(12-10-24)40(35,36)31-21-16-22-7-8-23(17-21)32(22)18-28(33)27(15-20-5-3-2-4-6-20)30-29(34)39-25-13-14-38-19-25/h2-6,9-12,21-23,25,27-28,31,33H,7-8,13-19H2,1H3,(H,30,34)/t21?,22?,23?,25-,27+,28?/m1/s1. The van der Waals surface area contributed by atoms with Crippen LogP contribution in [0.5, 0.6) is 5.75 Å². The molecule has 5 rings (SSSR count). The maximum Gasteiger partial charge on any atom is 0.407 e. The number of benzene rings is 2. The van der Waals surface area contributed by atoms with Gasteiger partial charge < -0.3 is 24.6 Å². The number of piperidine rings is 1. The van der Waals surface area contributed by atoms with Crippen LogP contribution in [0.15, 0.2) is 59.5 Å². The van der Waals surface area contributed by atoms with Crippen LogP contribution >= 0.6 is 0 Å². The van der Waals surface area contributed by atoms with E-state index in [1.165, 1.54) is 0 Å². The summed E-state index contributed by atoms with van der Waals surface area (Å²) in [6.07, 6.45) is 2.69. The highest BCUT2D eigenvalue weighted by atomic mass is 32.2. The van der Waals surface area contributed by atoms with E-state index in [-0.39, 0.29) is 29.1 Å². The third-order valence-electron chi connectivity index (χ3n) is 8.20. The Morgan fingerprint density at radius 2 is 1.77 bits per heavy atom. The second-order valence-corrected chi connectivity index (χ2v) is 12.7. The molecule has 2 aromatic carbocycles. The van der Waals surface area contributed by atoms with E-state index in [0.717, 1.165) is 18.4 Å². The number of ether oxygens (including phenoxy) is 3. The average Bonchev–Trinajstić information content (AvgIpc) is 3.53. The van der Waals surface area contributed by atoms with Gasteiger partial charge in [-0.1, -0.05) is 30.3 Å². The number of rotatable bonds is 11. The Balaban J connectivity index is 1.21. The van der Waals surface area contributed by atoms with E-state index in [9.17, 15) is 18.3 Å². The average molecular weight is 574 g/mol. The summed E-state index contributed by atoms with van der Waals surface area (Å²) in [5, 5.41) is 14.3. The number of alkyl carbamates (subject to hydrolysis) is 1. The molecule has 40 heavy (non-hydrogen) atoms. The summed E-state index contributed by atoms with van der Waals surface area (Å²) in [6.45, 7) is 1.35. The van der Waals surface area contributed by atoms with Crippen molar-refractivity contribution in [2.24, 2.45) is 0 Å². The second-order valence-electron chi connectivity index (χ2n) is 10.9. The van der Waals surface area contributed by atoms with Gasteiger partial charge in [0.15, 0.2) is 0 Å². The lowest BCUT2D eigenvalue weighted by Gasteiger charge is -2.41. The minimum atomic E-state index is -3.66. The van der Waals surface area contributed by atoms with Crippen LogP contribution < -0.4 is 14.8 Å². The van der Waals surface area contributed by atoms with E-state index in [1.807, 2.05) is 30.3 Å². The zero-order chi connectivity index (χ0) is 28.1. The Bertz CT molecular complexity index is 1210. The van der Waals surface area contributed by atoms with Crippen LogP contribution in [0.25, 0.3) is 0 Å². The highest BCUT2D eigenvalue weighted by Crippen LogP contribution is 2.36. The number of aliphatic hydroxyl groups is 1. The van der Waals surface area contributed by atoms with Gasteiger partial charge >= 0.3 is 6.09 Å². The molecular formula is C29H39N3O7S. The first-order valence-electron chi connectivity index (χ1n) is 14.0. The number of hydrogen-bond donors (Lipinski definition) is 3. The number of nitrogens with zero attached hydrogens (tertiary/aromatic N) is 1. The minimum Gasteiger partial charge on any atom is -0.497 e. The smallest absolute Gasteiger partial charge is 0.407 e. The lowest BCUT2D eigenvalue weighted by molar-refractivity contribution is 0.0306. The van der Waals surface area contributed by atoms with E-state index in [4.69, 9.17) is 14.2 Å². The Labute approximate surface area is 236 Å². The molecule has 3 saturated heterocycles. The lowest BCUT2D eigenvalue weighted by Crippen LogP contribution is -2.55. The Kier molecular flexibility index (Phi) is 9.27. The molecule has 2 aromatic rings. The van der Waals surface area contributed by atoms with Crippen molar-refractivity contribution in [1.82, 2.24) is 14.9 Å². The maximum atomic E-state index is 13.0. The van der Waals surface area contributed by atoms with Gasteiger partial charge in [0, 0.05) is 31.1 Å².